The predicted molar refractivity (Wildman–Crippen MR) is 108 cm³/mol. The van der Waals surface area contributed by atoms with Crippen molar-refractivity contribution in [2.24, 2.45) is 0 Å². The minimum absolute atomic E-state index is 0.613. The lowest BCUT2D eigenvalue weighted by atomic mass is 10.1. The van der Waals surface area contributed by atoms with Gasteiger partial charge in [0.1, 0.15) is 0 Å². The molecule has 0 amide bonds. The van der Waals surface area contributed by atoms with Crippen LogP contribution in [0.25, 0.3) is 45.6 Å². The second kappa shape index (κ2) is 7.00. The van der Waals surface area contributed by atoms with Crippen LogP contribution in [0.1, 0.15) is 0 Å². The zero-order valence-electron chi connectivity index (χ0n) is 14.9. The average Bonchev–Trinajstić information content (AvgIpc) is 3.46. The molecule has 0 aliphatic heterocycles. The van der Waals surface area contributed by atoms with E-state index in [4.69, 9.17) is 8.83 Å². The molecule has 3 aromatic carbocycles. The van der Waals surface area contributed by atoms with Crippen molar-refractivity contribution < 1.29 is 8.83 Å². The molecule has 0 unspecified atom stereocenters. The van der Waals surface area contributed by atoms with Crippen LogP contribution in [-0.4, -0.2) is 9.97 Å². The van der Waals surface area contributed by atoms with Crippen LogP contribution in [-0.2, 0) is 0 Å². The fourth-order valence-corrected chi connectivity index (χ4v) is 3.04. The lowest BCUT2D eigenvalue weighted by molar-refractivity contribution is 0.587. The van der Waals surface area contributed by atoms with E-state index in [2.05, 4.69) is 9.97 Å². The Hall–Kier alpha value is -3.92. The van der Waals surface area contributed by atoms with E-state index in [9.17, 15) is 0 Å². The van der Waals surface area contributed by atoms with Crippen LogP contribution in [0.5, 0.6) is 0 Å². The fraction of sp³-hybridized carbons (Fsp3) is 0. The zero-order valence-corrected chi connectivity index (χ0v) is 14.9. The first-order valence-corrected chi connectivity index (χ1v) is 9.00. The van der Waals surface area contributed by atoms with Gasteiger partial charge in [-0.05, 0) is 24.3 Å². The highest BCUT2D eigenvalue weighted by atomic mass is 16.4. The third-order valence-corrected chi connectivity index (χ3v) is 4.51. The quantitative estimate of drug-likeness (QED) is 0.374. The van der Waals surface area contributed by atoms with Gasteiger partial charge in [0.15, 0.2) is 11.5 Å². The first kappa shape index (κ1) is 16.3. The first-order chi connectivity index (χ1) is 13.9. The van der Waals surface area contributed by atoms with Crippen molar-refractivity contribution in [3.63, 3.8) is 0 Å². The number of nitrogens with zero attached hydrogens (tertiary/aromatic N) is 2. The van der Waals surface area contributed by atoms with Gasteiger partial charge < -0.3 is 8.83 Å². The summed E-state index contributed by atoms with van der Waals surface area (Å²) < 4.78 is 11.8. The molecule has 0 saturated heterocycles. The highest BCUT2D eigenvalue weighted by Gasteiger charge is 2.11. The Bertz CT molecular complexity index is 1090. The van der Waals surface area contributed by atoms with Gasteiger partial charge in [0.25, 0.3) is 0 Å². The SMILES string of the molecule is c1ccc(-c2ncc(-c3ccc(-c4cnc(-c5ccccc5)o4)cc3)o2)cc1. The van der Waals surface area contributed by atoms with Crippen molar-refractivity contribution in [3.8, 4) is 45.6 Å². The van der Waals surface area contributed by atoms with Crippen molar-refractivity contribution in [2.75, 3.05) is 0 Å². The highest BCUT2D eigenvalue weighted by Crippen LogP contribution is 2.30. The Kier molecular flexibility index (Phi) is 4.07. The van der Waals surface area contributed by atoms with Crippen molar-refractivity contribution in [2.45, 2.75) is 0 Å². The number of aromatic nitrogens is 2. The lowest BCUT2D eigenvalue weighted by Gasteiger charge is -2.00. The normalized spacial score (nSPS) is 10.9. The van der Waals surface area contributed by atoms with Crippen molar-refractivity contribution >= 4 is 0 Å². The molecule has 4 heteroatoms. The summed E-state index contributed by atoms with van der Waals surface area (Å²) in [6, 6.07) is 27.7. The molecule has 0 spiro atoms. The molecule has 134 valence electrons. The lowest BCUT2D eigenvalue weighted by Crippen LogP contribution is -1.77. The number of hydrogen-bond acceptors (Lipinski definition) is 4. The molecule has 0 N–H and O–H groups in total. The Morgan fingerprint density at radius 3 is 1.21 bits per heavy atom. The number of hydrogen-bond donors (Lipinski definition) is 0. The van der Waals surface area contributed by atoms with Crippen LogP contribution in [0, 0.1) is 0 Å². The molecule has 0 saturated carbocycles. The minimum Gasteiger partial charge on any atom is -0.436 e. The van der Waals surface area contributed by atoms with E-state index in [1.807, 2.05) is 84.9 Å². The predicted octanol–water partition coefficient (Wildman–Crippen LogP) is 6.33. The zero-order chi connectivity index (χ0) is 18.8. The van der Waals surface area contributed by atoms with E-state index in [1.54, 1.807) is 12.4 Å². The van der Waals surface area contributed by atoms with Crippen molar-refractivity contribution in [3.05, 3.63) is 97.3 Å². The number of benzene rings is 3. The topological polar surface area (TPSA) is 52.1 Å². The molecule has 0 atom stereocenters. The minimum atomic E-state index is 0.613. The molecule has 0 radical (unpaired) electrons. The number of rotatable bonds is 4. The van der Waals surface area contributed by atoms with Crippen LogP contribution < -0.4 is 0 Å². The van der Waals surface area contributed by atoms with Gasteiger partial charge in [-0.2, -0.15) is 0 Å². The Morgan fingerprint density at radius 1 is 0.429 bits per heavy atom. The van der Waals surface area contributed by atoms with Gasteiger partial charge in [-0.3, -0.25) is 0 Å². The van der Waals surface area contributed by atoms with Gasteiger partial charge >= 0.3 is 0 Å². The molecule has 5 aromatic rings. The molecule has 2 heterocycles. The maximum absolute atomic E-state index is 5.92. The third kappa shape index (κ3) is 3.12. The Morgan fingerprint density at radius 2 is 0.821 bits per heavy atom. The second-order valence-electron chi connectivity index (χ2n) is 6.37. The molecule has 0 aliphatic carbocycles. The molecule has 0 fully saturated rings. The summed E-state index contributed by atoms with van der Waals surface area (Å²) in [5, 5.41) is 0. The van der Waals surface area contributed by atoms with Gasteiger partial charge in [0, 0.05) is 22.3 Å². The summed E-state index contributed by atoms with van der Waals surface area (Å²) in [5.74, 6) is 2.69. The molecular formula is C24H16N2O2. The van der Waals surface area contributed by atoms with Gasteiger partial charge in [-0.25, -0.2) is 9.97 Å². The summed E-state index contributed by atoms with van der Waals surface area (Å²) in [6.45, 7) is 0. The van der Waals surface area contributed by atoms with E-state index in [-0.39, 0.29) is 0 Å². The maximum Gasteiger partial charge on any atom is 0.226 e. The molecule has 0 aliphatic rings. The van der Waals surface area contributed by atoms with Crippen LogP contribution >= 0.6 is 0 Å². The van der Waals surface area contributed by atoms with E-state index in [0.29, 0.717) is 11.8 Å². The van der Waals surface area contributed by atoms with Crippen molar-refractivity contribution in [1.29, 1.82) is 0 Å². The summed E-state index contributed by atoms with van der Waals surface area (Å²) >= 11 is 0. The molecule has 28 heavy (non-hydrogen) atoms. The highest BCUT2D eigenvalue weighted by molar-refractivity contribution is 5.67. The van der Waals surface area contributed by atoms with Crippen LogP contribution in [0.3, 0.4) is 0 Å². The van der Waals surface area contributed by atoms with E-state index in [1.165, 1.54) is 0 Å². The molecule has 4 nitrogen and oxygen atoms in total. The second-order valence-corrected chi connectivity index (χ2v) is 6.37. The average molecular weight is 364 g/mol. The molecule has 5 rings (SSSR count). The summed E-state index contributed by atoms with van der Waals surface area (Å²) in [7, 11) is 0. The van der Waals surface area contributed by atoms with E-state index in [0.717, 1.165) is 33.8 Å². The monoisotopic (exact) mass is 364 g/mol. The van der Waals surface area contributed by atoms with Crippen molar-refractivity contribution in [1.82, 2.24) is 9.97 Å². The van der Waals surface area contributed by atoms with Crippen LogP contribution in [0.15, 0.2) is 106 Å². The molecular weight excluding hydrogens is 348 g/mol. The molecule has 0 bridgehead atoms. The van der Waals surface area contributed by atoms with E-state index < -0.39 is 0 Å². The Labute approximate surface area is 162 Å². The van der Waals surface area contributed by atoms with Gasteiger partial charge in [-0.1, -0.05) is 60.7 Å². The van der Waals surface area contributed by atoms with E-state index >= 15 is 0 Å². The molecule has 2 aromatic heterocycles. The van der Waals surface area contributed by atoms with Crippen LogP contribution in [0.2, 0.25) is 0 Å². The summed E-state index contributed by atoms with van der Waals surface area (Å²) in [4.78, 5) is 8.77. The smallest absolute Gasteiger partial charge is 0.226 e. The standard InChI is InChI=1S/C24H16N2O2/c1-3-7-19(8-4-1)23-25-15-21(27-23)17-11-13-18(14-12-17)22-16-26-24(28-22)20-9-5-2-6-10-20/h1-16H. The largest absolute Gasteiger partial charge is 0.436 e. The van der Waals surface area contributed by atoms with Gasteiger partial charge in [0.05, 0.1) is 12.4 Å². The third-order valence-electron chi connectivity index (χ3n) is 4.51. The Balaban J connectivity index is 1.40. The maximum atomic E-state index is 5.92. The van der Waals surface area contributed by atoms with Gasteiger partial charge in [0.2, 0.25) is 11.8 Å². The first-order valence-electron chi connectivity index (χ1n) is 9.00. The number of oxazole rings is 2. The van der Waals surface area contributed by atoms with Gasteiger partial charge in [-0.15, -0.1) is 0 Å². The fourth-order valence-electron chi connectivity index (χ4n) is 3.04. The summed E-state index contributed by atoms with van der Waals surface area (Å²) in [5.41, 5.74) is 3.84. The van der Waals surface area contributed by atoms with Crippen LogP contribution in [0.4, 0.5) is 0 Å². The summed E-state index contributed by atoms with van der Waals surface area (Å²) in [6.07, 6.45) is 3.50.